The van der Waals surface area contributed by atoms with E-state index in [1.165, 1.54) is 136 Å². The molecule has 2 nitrogen and oxygen atoms in total. The summed E-state index contributed by atoms with van der Waals surface area (Å²) in [5, 5.41) is 20.6. The van der Waals surface area contributed by atoms with E-state index < -0.39 is 0 Å². The SMILES string of the molecule is CC(C)c1cc2c(c3ccccc13)N(c1ccc3c4ccccc4c4ccccc4c3c1)c1cccc3c1B2c1cc(C(C)C)c2ccccc2c1N3c1ccc2c3ccccc3c3ccccc3c2c1. The smallest absolute Gasteiger partial charge is 0.252 e. The lowest BCUT2D eigenvalue weighted by molar-refractivity contribution is 0.877. The molecule has 0 spiro atoms. The molecule has 0 radical (unpaired) electrons. The topological polar surface area (TPSA) is 6.48 Å². The zero-order valence-electron chi connectivity index (χ0n) is 40.3. The molecule has 0 aliphatic carbocycles. The fraction of sp³-hybridized carbons (Fsp3) is 0.0882. The van der Waals surface area contributed by atoms with Crippen molar-refractivity contribution in [3.05, 3.63) is 223 Å². The van der Waals surface area contributed by atoms with Gasteiger partial charge in [-0.1, -0.05) is 204 Å². The van der Waals surface area contributed by atoms with Crippen LogP contribution in [-0.2, 0) is 0 Å². The summed E-state index contributed by atoms with van der Waals surface area (Å²) in [6.07, 6.45) is 0. The van der Waals surface area contributed by atoms with Gasteiger partial charge in [-0.3, -0.25) is 0 Å². The molecule has 2 aliphatic rings. The van der Waals surface area contributed by atoms with Crippen molar-refractivity contribution in [3.63, 3.8) is 0 Å². The van der Waals surface area contributed by atoms with Crippen LogP contribution in [0.3, 0.4) is 0 Å². The summed E-state index contributed by atoms with van der Waals surface area (Å²) < 4.78 is 0. The minimum Gasteiger partial charge on any atom is -0.311 e. The van der Waals surface area contributed by atoms with E-state index in [9.17, 15) is 0 Å². The van der Waals surface area contributed by atoms with Crippen molar-refractivity contribution in [2.24, 2.45) is 0 Å². The van der Waals surface area contributed by atoms with E-state index in [-0.39, 0.29) is 6.71 Å². The van der Waals surface area contributed by atoms with Gasteiger partial charge in [0.1, 0.15) is 0 Å². The Hall–Kier alpha value is -8.40. The molecule has 0 N–H and O–H groups in total. The maximum atomic E-state index is 2.63. The van der Waals surface area contributed by atoms with Crippen molar-refractivity contribution in [1.82, 2.24) is 0 Å². The fourth-order valence-corrected chi connectivity index (χ4v) is 13.3. The summed E-state index contributed by atoms with van der Waals surface area (Å²) in [5.41, 5.74) is 14.1. The molecule has 15 rings (SSSR count). The summed E-state index contributed by atoms with van der Waals surface area (Å²) >= 11 is 0. The summed E-state index contributed by atoms with van der Waals surface area (Å²) in [4.78, 5) is 5.27. The third-order valence-electron chi connectivity index (χ3n) is 16.3. The number of benzene rings is 13. The van der Waals surface area contributed by atoms with Crippen molar-refractivity contribution >= 4 is 143 Å². The molecule has 334 valence electrons. The second kappa shape index (κ2) is 15.1. The van der Waals surface area contributed by atoms with E-state index in [0.717, 1.165) is 11.4 Å². The molecule has 2 aliphatic heterocycles. The van der Waals surface area contributed by atoms with E-state index in [2.05, 4.69) is 250 Å². The highest BCUT2D eigenvalue weighted by Crippen LogP contribution is 2.51. The Kier molecular flexibility index (Phi) is 8.58. The zero-order chi connectivity index (χ0) is 47.2. The Labute approximate surface area is 414 Å². The molecule has 13 aromatic carbocycles. The van der Waals surface area contributed by atoms with Crippen LogP contribution in [0.5, 0.6) is 0 Å². The minimum absolute atomic E-state index is 0.0293. The van der Waals surface area contributed by atoms with Gasteiger partial charge < -0.3 is 9.80 Å². The van der Waals surface area contributed by atoms with Crippen molar-refractivity contribution in [1.29, 1.82) is 0 Å². The Morgan fingerprint density at radius 3 is 0.915 bits per heavy atom. The van der Waals surface area contributed by atoms with Crippen molar-refractivity contribution in [3.8, 4) is 0 Å². The van der Waals surface area contributed by atoms with Crippen LogP contribution in [0.4, 0.5) is 34.1 Å². The maximum absolute atomic E-state index is 2.63. The highest BCUT2D eigenvalue weighted by molar-refractivity contribution is 7.01. The molecule has 0 atom stereocenters. The lowest BCUT2D eigenvalue weighted by Gasteiger charge is -2.45. The first-order valence-electron chi connectivity index (χ1n) is 25.4. The normalized spacial score (nSPS) is 13.2. The highest BCUT2D eigenvalue weighted by Gasteiger charge is 2.45. The van der Waals surface area contributed by atoms with Gasteiger partial charge in [-0.25, -0.2) is 0 Å². The first-order chi connectivity index (χ1) is 34.9. The molecule has 0 saturated carbocycles. The first-order valence-corrected chi connectivity index (χ1v) is 25.4. The number of fused-ring (bicyclic) bond motifs is 20. The summed E-state index contributed by atoms with van der Waals surface area (Å²) in [6.45, 7) is 9.42. The van der Waals surface area contributed by atoms with Crippen molar-refractivity contribution in [2.75, 3.05) is 9.80 Å². The van der Waals surface area contributed by atoms with E-state index >= 15 is 0 Å². The number of anilines is 6. The van der Waals surface area contributed by atoms with Gasteiger partial charge in [-0.05, 0) is 151 Å². The van der Waals surface area contributed by atoms with Crippen molar-refractivity contribution < 1.29 is 0 Å². The third kappa shape index (κ3) is 5.61. The maximum Gasteiger partial charge on any atom is 0.252 e. The molecule has 0 bridgehead atoms. The van der Waals surface area contributed by atoms with E-state index in [1.54, 1.807) is 0 Å². The Morgan fingerprint density at radius 2 is 0.577 bits per heavy atom. The van der Waals surface area contributed by atoms with Gasteiger partial charge in [0.2, 0.25) is 0 Å². The third-order valence-corrected chi connectivity index (χ3v) is 16.3. The second-order valence-corrected chi connectivity index (χ2v) is 20.7. The van der Waals surface area contributed by atoms with E-state index in [4.69, 9.17) is 0 Å². The Morgan fingerprint density at radius 1 is 0.282 bits per heavy atom. The van der Waals surface area contributed by atoms with Gasteiger partial charge in [0.25, 0.3) is 6.71 Å². The second-order valence-electron chi connectivity index (χ2n) is 20.7. The molecule has 0 aromatic heterocycles. The molecule has 71 heavy (non-hydrogen) atoms. The molecule has 0 amide bonds. The first kappa shape index (κ1) is 40.5. The van der Waals surface area contributed by atoms with Gasteiger partial charge in [-0.2, -0.15) is 0 Å². The zero-order valence-corrected chi connectivity index (χ0v) is 40.3. The van der Waals surface area contributed by atoms with Gasteiger partial charge in [0, 0.05) is 44.9 Å². The van der Waals surface area contributed by atoms with Crippen LogP contribution in [0, 0.1) is 0 Å². The summed E-state index contributed by atoms with van der Waals surface area (Å²) in [7, 11) is 0. The van der Waals surface area contributed by atoms with E-state index in [0.29, 0.717) is 11.8 Å². The lowest BCUT2D eigenvalue weighted by Crippen LogP contribution is -2.61. The van der Waals surface area contributed by atoms with Gasteiger partial charge in [0.05, 0.1) is 0 Å². The molecular weight excluding hydrogens is 856 g/mol. The number of hydrogen-bond acceptors (Lipinski definition) is 2. The van der Waals surface area contributed by atoms with Crippen LogP contribution < -0.4 is 26.2 Å². The van der Waals surface area contributed by atoms with Crippen LogP contribution in [0.15, 0.2) is 212 Å². The predicted molar refractivity (Wildman–Crippen MR) is 309 cm³/mol. The molecule has 3 heteroatoms. The molecule has 2 heterocycles. The quantitative estimate of drug-likeness (QED) is 0.128. The summed E-state index contributed by atoms with van der Waals surface area (Å²) in [6, 6.07) is 81.0. The summed E-state index contributed by atoms with van der Waals surface area (Å²) in [5.74, 6) is 0.642. The molecule has 0 fully saturated rings. The monoisotopic (exact) mass is 904 g/mol. The van der Waals surface area contributed by atoms with Crippen LogP contribution in [0.25, 0.3) is 86.2 Å². The van der Waals surface area contributed by atoms with Crippen LogP contribution in [0.1, 0.15) is 50.7 Å². The number of hydrogen-bond donors (Lipinski definition) is 0. The lowest BCUT2D eigenvalue weighted by atomic mass is 9.33. The fourth-order valence-electron chi connectivity index (χ4n) is 13.3. The van der Waals surface area contributed by atoms with Crippen LogP contribution >= 0.6 is 0 Å². The van der Waals surface area contributed by atoms with Gasteiger partial charge >= 0.3 is 0 Å². The van der Waals surface area contributed by atoms with Gasteiger partial charge in [-0.15, -0.1) is 0 Å². The molecule has 13 aromatic rings. The minimum atomic E-state index is -0.0293. The predicted octanol–water partition coefficient (Wildman–Crippen LogP) is 17.2. The Bertz CT molecular complexity index is 4100. The molecule has 0 unspecified atom stereocenters. The Balaban J connectivity index is 1.09. The average Bonchev–Trinajstić information content (AvgIpc) is 3.43. The highest BCUT2D eigenvalue weighted by atomic mass is 15.2. The average molecular weight is 905 g/mol. The standard InChI is InChI=1S/C68H49BN2/c1-40(2)58-38-62-67(56-28-15-13-26-52(56)58)70(42-32-34-54-48-22-7-5-18-44(48)46-20-9-11-24-50(46)60(54)36-42)64-30-17-31-65-66(64)69(62)63-39-59(41(3)4)53-27-14-16-29-57(53)68(63)71(65)43-33-35-55-49-23-8-6-19-45(49)47-21-10-12-25-51(47)61(55)37-43/h5-41H,1-4H3. The number of nitrogens with zero attached hydrogens (tertiary/aromatic N) is 2. The van der Waals surface area contributed by atoms with E-state index in [1.807, 2.05) is 0 Å². The molecule has 0 saturated heterocycles. The van der Waals surface area contributed by atoms with Crippen LogP contribution in [0.2, 0.25) is 0 Å². The van der Waals surface area contributed by atoms with Gasteiger partial charge in [0.15, 0.2) is 0 Å². The number of rotatable bonds is 4. The van der Waals surface area contributed by atoms with Crippen LogP contribution in [-0.4, -0.2) is 6.71 Å². The molecular formula is C68H49BN2. The van der Waals surface area contributed by atoms with Crippen molar-refractivity contribution in [2.45, 2.75) is 39.5 Å². The largest absolute Gasteiger partial charge is 0.311 e.